The van der Waals surface area contributed by atoms with E-state index in [1.165, 1.54) is 42.1 Å². The van der Waals surface area contributed by atoms with Gasteiger partial charge in [-0.05, 0) is 80.8 Å². The molecule has 0 bridgehead atoms. The average molecular weight is 893 g/mol. The number of para-hydroxylation sites is 1. The molecule has 1 unspecified atom stereocenters. The number of rotatable bonds is 16. The first kappa shape index (κ1) is 43.4. The molecule has 4 heterocycles. The molecule has 8 rings (SSSR count). The maximum absolute atomic E-state index is 14.3. The van der Waals surface area contributed by atoms with Gasteiger partial charge in [0.15, 0.2) is 0 Å². The van der Waals surface area contributed by atoms with Crippen LogP contribution in [0.25, 0.3) is 31.8 Å². The third-order valence-electron chi connectivity index (χ3n) is 11.4. The second kappa shape index (κ2) is 18.2. The molecule has 62 heavy (non-hydrogen) atoms. The van der Waals surface area contributed by atoms with Crippen LogP contribution >= 0.6 is 22.9 Å². The molecule has 17 heteroatoms. The quantitative estimate of drug-likeness (QED) is 0.0691. The third-order valence-corrected chi connectivity index (χ3v) is 13.0. The topological polar surface area (TPSA) is 104 Å². The number of likely N-dealkylation sites (N-methyl/N-ethyl adjacent to an activating group) is 1. The average Bonchev–Trinajstić information content (AvgIpc) is 3.78. The van der Waals surface area contributed by atoms with E-state index in [2.05, 4.69) is 31.9 Å². The third kappa shape index (κ3) is 9.24. The van der Waals surface area contributed by atoms with Crippen LogP contribution in [0.5, 0.6) is 17.4 Å². The Balaban J connectivity index is 1.16. The Morgan fingerprint density at radius 2 is 1.73 bits per heavy atom. The van der Waals surface area contributed by atoms with E-state index < -0.39 is 30.2 Å². The molecule has 11 nitrogen and oxygen atoms in total. The number of thiophene rings is 1. The number of carbonyl (C=O) groups is 1. The molecule has 0 amide bonds. The molecule has 6 aromatic rings. The molecule has 326 valence electrons. The predicted molar refractivity (Wildman–Crippen MR) is 228 cm³/mol. The van der Waals surface area contributed by atoms with Crippen LogP contribution in [0.1, 0.15) is 36.6 Å². The summed E-state index contributed by atoms with van der Waals surface area (Å²) >= 11 is 8.46. The molecule has 0 spiro atoms. The lowest BCUT2D eigenvalue weighted by Crippen LogP contribution is -2.45. The van der Waals surface area contributed by atoms with E-state index >= 15 is 0 Å². The van der Waals surface area contributed by atoms with Gasteiger partial charge in [0, 0.05) is 60.3 Å². The zero-order valence-corrected chi connectivity index (χ0v) is 36.0. The summed E-state index contributed by atoms with van der Waals surface area (Å²) in [6, 6.07) is 18.5. The molecule has 3 aromatic carbocycles. The number of aromatic nitrogens is 4. The summed E-state index contributed by atoms with van der Waals surface area (Å²) in [6.07, 6.45) is -2.00. The lowest BCUT2D eigenvalue weighted by atomic mass is 9.88. The van der Waals surface area contributed by atoms with Crippen LogP contribution in [0.15, 0.2) is 79.3 Å². The number of ether oxygens (including phenoxy) is 4. The second-order valence-corrected chi connectivity index (χ2v) is 16.9. The van der Waals surface area contributed by atoms with Gasteiger partial charge in [0.1, 0.15) is 48.2 Å². The number of nitrogens with zero attached hydrogens (tertiary/aromatic N) is 6. The summed E-state index contributed by atoms with van der Waals surface area (Å²) in [7, 11) is 2.12. The van der Waals surface area contributed by atoms with Crippen LogP contribution in [0, 0.1) is 12.7 Å². The van der Waals surface area contributed by atoms with Crippen molar-refractivity contribution in [2.75, 3.05) is 53.0 Å². The van der Waals surface area contributed by atoms with Crippen LogP contribution in [0.2, 0.25) is 5.02 Å². The van der Waals surface area contributed by atoms with E-state index in [1.807, 2.05) is 25.1 Å². The minimum atomic E-state index is -4.47. The molecule has 1 aliphatic carbocycles. The van der Waals surface area contributed by atoms with Crippen LogP contribution in [0.4, 0.5) is 17.6 Å². The molecular formula is C45H45ClF4N6O5S. The number of hydrogen-bond acceptors (Lipinski definition) is 11. The van der Waals surface area contributed by atoms with Crippen molar-refractivity contribution in [1.82, 2.24) is 29.5 Å². The number of piperazine rings is 1. The van der Waals surface area contributed by atoms with Crippen molar-refractivity contribution < 1.29 is 41.3 Å². The molecule has 2 fully saturated rings. The van der Waals surface area contributed by atoms with Crippen molar-refractivity contribution in [3.63, 3.8) is 0 Å². The first-order valence-electron chi connectivity index (χ1n) is 20.3. The highest BCUT2D eigenvalue weighted by atomic mass is 35.5. The number of carbonyl (C=O) groups excluding carboxylic acids is 1. The SMILES string of the molecule is CCOC(=O)C(Oc1ncnc2sc(-c3ccc(F)cc3)c(-c3ccc(OCCN4CCN(C)CC4)c(Cl)c3C)c12)C1(c2ccccc2OCc2ccnn2CC(F)(F)F)CC1. The van der Waals surface area contributed by atoms with Crippen LogP contribution in [-0.4, -0.2) is 101 Å². The highest BCUT2D eigenvalue weighted by Gasteiger charge is 2.58. The van der Waals surface area contributed by atoms with Gasteiger partial charge in [-0.2, -0.15) is 18.3 Å². The number of hydrogen-bond donors (Lipinski definition) is 0. The lowest BCUT2D eigenvalue weighted by Gasteiger charge is -2.32. The van der Waals surface area contributed by atoms with Gasteiger partial charge in [0.2, 0.25) is 12.0 Å². The van der Waals surface area contributed by atoms with Gasteiger partial charge >= 0.3 is 12.1 Å². The smallest absolute Gasteiger partial charge is 0.408 e. The largest absolute Gasteiger partial charge is 0.491 e. The van der Waals surface area contributed by atoms with Crippen LogP contribution in [0.3, 0.4) is 0 Å². The van der Waals surface area contributed by atoms with Crippen molar-refractivity contribution in [3.8, 4) is 38.9 Å². The fourth-order valence-corrected chi connectivity index (χ4v) is 9.30. The molecule has 1 saturated heterocycles. The predicted octanol–water partition coefficient (Wildman–Crippen LogP) is 9.13. The van der Waals surface area contributed by atoms with Crippen molar-refractivity contribution in [2.24, 2.45) is 0 Å². The Bertz CT molecular complexity index is 2540. The maximum atomic E-state index is 14.3. The Morgan fingerprint density at radius 3 is 2.45 bits per heavy atom. The van der Waals surface area contributed by atoms with Crippen LogP contribution < -0.4 is 14.2 Å². The maximum Gasteiger partial charge on any atom is 0.408 e. The molecule has 1 saturated carbocycles. The fourth-order valence-electron chi connectivity index (χ4n) is 7.93. The zero-order chi connectivity index (χ0) is 43.6. The van der Waals surface area contributed by atoms with E-state index in [0.29, 0.717) is 57.3 Å². The second-order valence-electron chi connectivity index (χ2n) is 15.5. The summed E-state index contributed by atoms with van der Waals surface area (Å²) in [5.41, 5.74) is 2.79. The minimum Gasteiger partial charge on any atom is -0.491 e. The number of benzene rings is 3. The lowest BCUT2D eigenvalue weighted by molar-refractivity contribution is -0.153. The first-order valence-corrected chi connectivity index (χ1v) is 21.5. The van der Waals surface area contributed by atoms with Crippen molar-refractivity contribution >= 4 is 39.1 Å². The molecule has 0 N–H and O–H groups in total. The molecular weight excluding hydrogens is 848 g/mol. The molecule has 1 atom stereocenters. The Kier molecular flexibility index (Phi) is 12.7. The zero-order valence-electron chi connectivity index (χ0n) is 34.4. The number of halogens is 5. The molecule has 0 radical (unpaired) electrons. The Morgan fingerprint density at radius 1 is 0.968 bits per heavy atom. The van der Waals surface area contributed by atoms with Gasteiger partial charge in [0.25, 0.3) is 0 Å². The summed E-state index contributed by atoms with van der Waals surface area (Å²) < 4.78 is 79.9. The van der Waals surface area contributed by atoms with Crippen molar-refractivity contribution in [1.29, 1.82) is 0 Å². The summed E-state index contributed by atoms with van der Waals surface area (Å²) in [5, 5.41) is 4.79. The highest BCUT2D eigenvalue weighted by Crippen LogP contribution is 2.56. The standard InChI is InChI=1S/C45H45ClF4N6O5S/c1-4-58-43(57)40(44(16-17-44)33-7-5-6-8-34(33)60-25-31-15-18-53-56(31)26-45(48,49)50)61-41-37-36(39(62-42(37)52-27-51-41)29-9-11-30(47)12-10-29)32-13-14-35(38(46)28(32)2)59-24-23-55-21-19-54(3)20-22-55/h5-15,18,27,40H,4,16-17,19-26H2,1-3H3. The minimum absolute atomic E-state index is 0.0786. The summed E-state index contributed by atoms with van der Waals surface area (Å²) in [6.45, 7) is 7.39. The van der Waals surface area contributed by atoms with E-state index in [1.54, 1.807) is 37.3 Å². The van der Waals surface area contributed by atoms with E-state index in [-0.39, 0.29) is 30.6 Å². The van der Waals surface area contributed by atoms with E-state index in [9.17, 15) is 22.4 Å². The van der Waals surface area contributed by atoms with Gasteiger partial charge in [-0.3, -0.25) is 9.58 Å². The Labute approximate surface area is 365 Å². The Hall–Kier alpha value is -5.29. The van der Waals surface area contributed by atoms with Crippen LogP contribution in [-0.2, 0) is 28.1 Å². The van der Waals surface area contributed by atoms with Gasteiger partial charge in [0.05, 0.1) is 22.7 Å². The van der Waals surface area contributed by atoms with Crippen molar-refractivity contribution in [2.45, 2.75) is 57.5 Å². The van der Waals surface area contributed by atoms with Gasteiger partial charge in [-0.15, -0.1) is 11.3 Å². The van der Waals surface area contributed by atoms with Crippen molar-refractivity contribution in [3.05, 3.63) is 107 Å². The van der Waals surface area contributed by atoms with Gasteiger partial charge < -0.3 is 23.8 Å². The monoisotopic (exact) mass is 892 g/mol. The molecule has 1 aliphatic heterocycles. The molecule has 2 aliphatic rings. The normalized spacial score (nSPS) is 16.0. The number of fused-ring (bicyclic) bond motifs is 1. The highest BCUT2D eigenvalue weighted by molar-refractivity contribution is 7.22. The van der Waals surface area contributed by atoms with E-state index in [4.69, 9.17) is 30.5 Å². The first-order chi connectivity index (χ1) is 29.8. The number of alkyl halides is 3. The molecule has 3 aromatic heterocycles. The van der Waals surface area contributed by atoms with E-state index in [0.717, 1.165) is 59.0 Å². The number of esters is 1. The summed E-state index contributed by atoms with van der Waals surface area (Å²) in [4.78, 5) is 29.4. The van der Waals surface area contributed by atoms with Gasteiger partial charge in [-0.25, -0.2) is 19.2 Å². The summed E-state index contributed by atoms with van der Waals surface area (Å²) in [5.74, 6) is 0.0302. The fraction of sp³-hybridized carbons (Fsp3) is 0.378. The van der Waals surface area contributed by atoms with Gasteiger partial charge in [-0.1, -0.05) is 48.0 Å².